The van der Waals surface area contributed by atoms with Gasteiger partial charge in [-0.05, 0) is 57.5 Å². The third-order valence-electron chi connectivity index (χ3n) is 5.72. The van der Waals surface area contributed by atoms with Gasteiger partial charge in [-0.2, -0.15) is 0 Å². The van der Waals surface area contributed by atoms with E-state index in [0.717, 1.165) is 36.6 Å². The van der Waals surface area contributed by atoms with Crippen molar-refractivity contribution in [1.82, 2.24) is 14.8 Å². The Balaban J connectivity index is 1.66. The molecule has 0 spiro atoms. The minimum atomic E-state index is -0.0724. The zero-order chi connectivity index (χ0) is 19.5. The van der Waals surface area contributed by atoms with Crippen LogP contribution in [0.25, 0.3) is 0 Å². The summed E-state index contributed by atoms with van der Waals surface area (Å²) in [5, 5.41) is 0. The number of pyridine rings is 1. The number of aromatic nitrogens is 1. The number of likely N-dealkylation sites (tertiary alicyclic amines) is 1. The summed E-state index contributed by atoms with van der Waals surface area (Å²) in [5.74, 6) is 0.0668. The number of nitrogens with zero attached hydrogens (tertiary/aromatic N) is 3. The Bertz CT molecular complexity index is 798. The number of carbonyl (C=O) groups is 1. The van der Waals surface area contributed by atoms with E-state index in [1.54, 1.807) is 0 Å². The maximum Gasteiger partial charge on any atom is 0.254 e. The Morgan fingerprint density at radius 2 is 1.75 bits per heavy atom. The van der Waals surface area contributed by atoms with Gasteiger partial charge in [0.1, 0.15) is 0 Å². The van der Waals surface area contributed by atoms with Gasteiger partial charge in [-0.25, -0.2) is 0 Å². The van der Waals surface area contributed by atoms with Crippen molar-refractivity contribution in [2.24, 2.45) is 0 Å². The van der Waals surface area contributed by atoms with Gasteiger partial charge in [0, 0.05) is 30.0 Å². The lowest BCUT2D eigenvalue weighted by Crippen LogP contribution is -2.51. The molecule has 5 heteroatoms. The van der Waals surface area contributed by atoms with Gasteiger partial charge < -0.3 is 14.5 Å². The fourth-order valence-electron chi connectivity index (χ4n) is 4.50. The highest BCUT2D eigenvalue weighted by Crippen LogP contribution is 2.32. The summed E-state index contributed by atoms with van der Waals surface area (Å²) in [5.41, 5.74) is 3.61. The van der Waals surface area contributed by atoms with Crippen LogP contribution in [0, 0.1) is 13.8 Å². The van der Waals surface area contributed by atoms with Crippen molar-refractivity contribution < 1.29 is 9.53 Å². The summed E-state index contributed by atoms with van der Waals surface area (Å²) in [7, 11) is 0. The molecule has 0 bridgehead atoms. The van der Waals surface area contributed by atoms with Crippen molar-refractivity contribution >= 4 is 5.91 Å². The minimum absolute atomic E-state index is 0.0118. The van der Waals surface area contributed by atoms with Crippen LogP contribution >= 0.6 is 0 Å². The summed E-state index contributed by atoms with van der Waals surface area (Å²) in [4.78, 5) is 22.4. The lowest BCUT2D eigenvalue weighted by molar-refractivity contribution is -0.0707. The molecular weight excluding hydrogens is 350 g/mol. The zero-order valence-electron chi connectivity index (χ0n) is 16.8. The molecule has 1 amide bonds. The molecule has 0 radical (unpaired) electrons. The van der Waals surface area contributed by atoms with Gasteiger partial charge in [-0.15, -0.1) is 0 Å². The van der Waals surface area contributed by atoms with Crippen LogP contribution in [0.1, 0.15) is 46.2 Å². The highest BCUT2D eigenvalue weighted by molar-refractivity contribution is 5.94. The Labute approximate surface area is 167 Å². The van der Waals surface area contributed by atoms with Crippen LogP contribution in [-0.2, 0) is 4.74 Å². The Kier molecular flexibility index (Phi) is 5.74. The molecule has 3 heterocycles. The molecule has 2 aromatic rings. The largest absolute Gasteiger partial charge is 0.373 e. The van der Waals surface area contributed by atoms with Crippen LogP contribution in [0.15, 0.2) is 42.5 Å². The molecule has 5 nitrogen and oxygen atoms in total. The topological polar surface area (TPSA) is 45.7 Å². The first-order valence-electron chi connectivity index (χ1n) is 10.3. The number of aryl methyl sites for hydroxylation is 2. The molecule has 28 heavy (non-hydrogen) atoms. The van der Waals surface area contributed by atoms with Crippen LogP contribution in [0.3, 0.4) is 0 Å². The maximum atomic E-state index is 13.5. The standard InChI is InChI=1S/C23H29N3O2/c1-17-14-20(15-18(2)24-17)23(27)26-12-13-28-21(16-25-10-6-7-11-25)22(26)19-8-4-3-5-9-19/h3-5,8-9,14-15,21-22H,6-7,10-13,16H2,1-2H3/t21-,22-/m0/s1. The first-order valence-corrected chi connectivity index (χ1v) is 10.3. The quantitative estimate of drug-likeness (QED) is 0.817. The van der Waals surface area contributed by atoms with Crippen LogP contribution in [0.2, 0.25) is 0 Å². The van der Waals surface area contributed by atoms with E-state index in [1.165, 1.54) is 12.8 Å². The highest BCUT2D eigenvalue weighted by atomic mass is 16.5. The van der Waals surface area contributed by atoms with Gasteiger partial charge in [0.25, 0.3) is 5.91 Å². The van der Waals surface area contributed by atoms with Crippen LogP contribution in [-0.4, -0.2) is 59.6 Å². The summed E-state index contributed by atoms with van der Waals surface area (Å²) in [6, 6.07) is 14.0. The van der Waals surface area contributed by atoms with Crippen LogP contribution in [0.5, 0.6) is 0 Å². The third-order valence-corrected chi connectivity index (χ3v) is 5.72. The van der Waals surface area contributed by atoms with Crippen LogP contribution in [0.4, 0.5) is 0 Å². The zero-order valence-corrected chi connectivity index (χ0v) is 16.8. The number of hydrogen-bond donors (Lipinski definition) is 0. The monoisotopic (exact) mass is 379 g/mol. The Morgan fingerprint density at radius 3 is 2.43 bits per heavy atom. The van der Waals surface area contributed by atoms with E-state index < -0.39 is 0 Å². The molecule has 0 N–H and O–H groups in total. The molecule has 0 aliphatic carbocycles. The lowest BCUT2D eigenvalue weighted by Gasteiger charge is -2.43. The summed E-state index contributed by atoms with van der Waals surface area (Å²) < 4.78 is 6.22. The van der Waals surface area contributed by atoms with Crippen molar-refractivity contribution in [2.75, 3.05) is 32.8 Å². The molecule has 0 saturated carbocycles. The smallest absolute Gasteiger partial charge is 0.254 e. The maximum absolute atomic E-state index is 13.5. The minimum Gasteiger partial charge on any atom is -0.373 e. The average Bonchev–Trinajstić information content (AvgIpc) is 3.20. The molecule has 1 aromatic carbocycles. The molecule has 1 aromatic heterocycles. The predicted octanol–water partition coefficient (Wildman–Crippen LogP) is 3.38. The molecule has 0 unspecified atom stereocenters. The van der Waals surface area contributed by atoms with E-state index in [0.29, 0.717) is 18.7 Å². The third kappa shape index (κ3) is 4.10. The van der Waals surface area contributed by atoms with E-state index in [-0.39, 0.29) is 18.1 Å². The van der Waals surface area contributed by atoms with Crippen molar-refractivity contribution in [3.63, 3.8) is 0 Å². The van der Waals surface area contributed by atoms with Crippen molar-refractivity contribution in [2.45, 2.75) is 38.8 Å². The second-order valence-electron chi connectivity index (χ2n) is 7.91. The molecule has 148 valence electrons. The van der Waals surface area contributed by atoms with E-state index >= 15 is 0 Å². The number of benzene rings is 1. The fraction of sp³-hybridized carbons (Fsp3) is 0.478. The van der Waals surface area contributed by atoms with Gasteiger partial charge in [0.05, 0.1) is 18.8 Å². The van der Waals surface area contributed by atoms with Gasteiger partial charge >= 0.3 is 0 Å². The first kappa shape index (κ1) is 19.1. The molecule has 2 aliphatic rings. The summed E-state index contributed by atoms with van der Waals surface area (Å²) in [6.45, 7) is 8.18. The normalized spacial score (nSPS) is 23.1. The molecule has 2 saturated heterocycles. The van der Waals surface area contributed by atoms with Crippen LogP contribution < -0.4 is 0 Å². The number of ether oxygens (including phenoxy) is 1. The van der Waals surface area contributed by atoms with Gasteiger partial charge in [0.2, 0.25) is 0 Å². The van der Waals surface area contributed by atoms with E-state index in [1.807, 2.05) is 49.1 Å². The second kappa shape index (κ2) is 8.41. The van der Waals surface area contributed by atoms with E-state index in [9.17, 15) is 4.79 Å². The highest BCUT2D eigenvalue weighted by Gasteiger charge is 2.38. The predicted molar refractivity (Wildman–Crippen MR) is 109 cm³/mol. The van der Waals surface area contributed by atoms with Gasteiger partial charge in [-0.3, -0.25) is 9.78 Å². The second-order valence-corrected chi connectivity index (χ2v) is 7.91. The number of rotatable bonds is 4. The van der Waals surface area contributed by atoms with Crippen molar-refractivity contribution in [1.29, 1.82) is 0 Å². The molecule has 2 aliphatic heterocycles. The van der Waals surface area contributed by atoms with E-state index in [2.05, 4.69) is 22.0 Å². The molecule has 2 fully saturated rings. The lowest BCUT2D eigenvalue weighted by atomic mass is 9.96. The van der Waals surface area contributed by atoms with Crippen molar-refractivity contribution in [3.8, 4) is 0 Å². The summed E-state index contributed by atoms with van der Waals surface area (Å²) in [6.07, 6.45) is 2.49. The summed E-state index contributed by atoms with van der Waals surface area (Å²) >= 11 is 0. The molecule has 2 atom stereocenters. The fourth-order valence-corrected chi connectivity index (χ4v) is 4.50. The Morgan fingerprint density at radius 1 is 1.07 bits per heavy atom. The first-order chi connectivity index (χ1) is 13.6. The number of amides is 1. The molecule has 4 rings (SSSR count). The van der Waals surface area contributed by atoms with E-state index in [4.69, 9.17) is 4.74 Å². The number of hydrogen-bond acceptors (Lipinski definition) is 4. The van der Waals surface area contributed by atoms with Gasteiger partial charge in [0.15, 0.2) is 0 Å². The number of morpholine rings is 1. The molecular formula is C23H29N3O2. The van der Waals surface area contributed by atoms with Gasteiger partial charge in [-0.1, -0.05) is 30.3 Å². The number of carbonyl (C=O) groups excluding carboxylic acids is 1. The SMILES string of the molecule is Cc1cc(C(=O)N2CCO[C@@H](CN3CCCC3)[C@@H]2c2ccccc2)cc(C)n1. The Hall–Kier alpha value is -2.24. The average molecular weight is 380 g/mol. The van der Waals surface area contributed by atoms with Crippen molar-refractivity contribution in [3.05, 3.63) is 65.0 Å².